The smallest absolute Gasteiger partial charge is 0.221 e. The highest BCUT2D eigenvalue weighted by Gasteiger charge is 2.16. The molecule has 0 aromatic heterocycles. The zero-order valence-corrected chi connectivity index (χ0v) is 12.3. The lowest BCUT2D eigenvalue weighted by molar-refractivity contribution is -0.122. The number of hydrogen-bond acceptors (Lipinski definition) is 3. The van der Waals surface area contributed by atoms with Crippen molar-refractivity contribution in [3.63, 3.8) is 0 Å². The maximum Gasteiger partial charge on any atom is 0.221 e. The molecule has 0 spiro atoms. The van der Waals surface area contributed by atoms with Crippen LogP contribution in [-0.2, 0) is 16.1 Å². The fraction of sp³-hybridized carbons (Fsp3) is 0.500. The maximum absolute atomic E-state index is 13.1. The predicted molar refractivity (Wildman–Crippen MR) is 77.5 cm³/mol. The number of ether oxygens (including phenoxy) is 1. The highest BCUT2D eigenvalue weighted by Crippen LogP contribution is 2.09. The number of nitrogens with one attached hydrogen (secondary N) is 2. The number of morpholine rings is 1. The van der Waals surface area contributed by atoms with Gasteiger partial charge in [-0.05, 0) is 24.1 Å². The van der Waals surface area contributed by atoms with Crippen LogP contribution in [0.15, 0.2) is 18.2 Å². The molecule has 0 saturated carbocycles. The van der Waals surface area contributed by atoms with Gasteiger partial charge in [0.2, 0.25) is 5.91 Å². The van der Waals surface area contributed by atoms with Crippen molar-refractivity contribution in [1.82, 2.24) is 10.6 Å². The van der Waals surface area contributed by atoms with E-state index in [1.54, 1.807) is 19.1 Å². The van der Waals surface area contributed by atoms with Crippen LogP contribution in [-0.4, -0.2) is 31.7 Å². The highest BCUT2D eigenvalue weighted by atomic mass is 35.5. The molecular formula is C14H20ClFN2O2. The summed E-state index contributed by atoms with van der Waals surface area (Å²) in [6.07, 6.45) is 0.403. The van der Waals surface area contributed by atoms with E-state index in [-0.39, 0.29) is 30.2 Å². The quantitative estimate of drug-likeness (QED) is 0.887. The lowest BCUT2D eigenvalue weighted by Crippen LogP contribution is -2.44. The summed E-state index contributed by atoms with van der Waals surface area (Å²) in [6.45, 7) is 4.20. The van der Waals surface area contributed by atoms with Crippen LogP contribution in [0.5, 0.6) is 0 Å². The van der Waals surface area contributed by atoms with Crippen molar-refractivity contribution in [1.29, 1.82) is 0 Å². The molecule has 1 aliphatic rings. The first-order valence-electron chi connectivity index (χ1n) is 6.48. The number of hydrogen-bond donors (Lipinski definition) is 2. The van der Waals surface area contributed by atoms with Crippen LogP contribution in [0.3, 0.4) is 0 Å². The molecule has 0 aliphatic carbocycles. The zero-order valence-electron chi connectivity index (χ0n) is 11.4. The van der Waals surface area contributed by atoms with Crippen LogP contribution >= 0.6 is 12.4 Å². The molecule has 1 heterocycles. The Balaban J connectivity index is 0.00000200. The van der Waals surface area contributed by atoms with Gasteiger partial charge in [-0.25, -0.2) is 4.39 Å². The van der Waals surface area contributed by atoms with E-state index in [2.05, 4.69) is 10.6 Å². The zero-order chi connectivity index (χ0) is 13.7. The normalized spacial score (nSPS) is 18.2. The van der Waals surface area contributed by atoms with Crippen LogP contribution in [0.25, 0.3) is 0 Å². The molecule has 0 radical (unpaired) electrons. The van der Waals surface area contributed by atoms with E-state index in [0.29, 0.717) is 31.7 Å². The van der Waals surface area contributed by atoms with Gasteiger partial charge in [0.1, 0.15) is 5.82 Å². The molecule has 1 fully saturated rings. The van der Waals surface area contributed by atoms with Crippen molar-refractivity contribution in [3.05, 3.63) is 35.1 Å². The SMILES string of the molecule is Cc1cc(CNC(=O)CC2COCCN2)ccc1F.Cl. The molecule has 1 saturated heterocycles. The van der Waals surface area contributed by atoms with Gasteiger partial charge < -0.3 is 15.4 Å². The number of carbonyl (C=O) groups is 1. The first kappa shape index (κ1) is 16.9. The molecule has 1 amide bonds. The molecule has 0 bridgehead atoms. The fourth-order valence-corrected chi connectivity index (χ4v) is 2.06. The number of benzene rings is 1. The first-order chi connectivity index (χ1) is 9.15. The van der Waals surface area contributed by atoms with Gasteiger partial charge >= 0.3 is 0 Å². The third-order valence-corrected chi connectivity index (χ3v) is 3.14. The fourth-order valence-electron chi connectivity index (χ4n) is 2.06. The molecule has 112 valence electrons. The third kappa shape index (κ3) is 5.07. The molecular weight excluding hydrogens is 283 g/mol. The Labute approximate surface area is 124 Å². The van der Waals surface area contributed by atoms with E-state index >= 15 is 0 Å². The number of rotatable bonds is 4. The standard InChI is InChI=1S/C14H19FN2O2.ClH/c1-10-6-11(2-3-13(10)15)8-17-14(18)7-12-9-19-5-4-16-12;/h2-3,6,12,16H,4-5,7-9H2,1H3,(H,17,18);1H. The Bertz CT molecular complexity index is 451. The second-order valence-corrected chi connectivity index (χ2v) is 4.79. The molecule has 1 aromatic carbocycles. The second-order valence-electron chi connectivity index (χ2n) is 4.79. The van der Waals surface area contributed by atoms with Crippen molar-refractivity contribution < 1.29 is 13.9 Å². The predicted octanol–water partition coefficient (Wildman–Crippen LogP) is 1.55. The Kier molecular flexibility index (Phi) is 6.91. The molecule has 1 aromatic rings. The first-order valence-corrected chi connectivity index (χ1v) is 6.48. The maximum atomic E-state index is 13.1. The summed E-state index contributed by atoms with van der Waals surface area (Å²) in [5, 5.41) is 6.07. The van der Waals surface area contributed by atoms with Gasteiger partial charge in [-0.15, -0.1) is 12.4 Å². The molecule has 20 heavy (non-hydrogen) atoms. The van der Waals surface area contributed by atoms with Crippen LogP contribution in [0.2, 0.25) is 0 Å². The monoisotopic (exact) mass is 302 g/mol. The minimum Gasteiger partial charge on any atom is -0.378 e. The van der Waals surface area contributed by atoms with Crippen LogP contribution < -0.4 is 10.6 Å². The summed E-state index contributed by atoms with van der Waals surface area (Å²) in [7, 11) is 0. The highest BCUT2D eigenvalue weighted by molar-refractivity contribution is 5.85. The van der Waals surface area contributed by atoms with Gasteiger partial charge in [-0.1, -0.05) is 12.1 Å². The summed E-state index contributed by atoms with van der Waals surface area (Å²) in [6, 6.07) is 4.94. The second kappa shape index (κ2) is 8.19. The molecule has 1 atom stereocenters. The lowest BCUT2D eigenvalue weighted by atomic mass is 10.1. The van der Waals surface area contributed by atoms with Gasteiger partial charge in [0.05, 0.1) is 13.2 Å². The minimum atomic E-state index is -0.223. The number of aryl methyl sites for hydroxylation is 1. The molecule has 2 rings (SSSR count). The van der Waals surface area contributed by atoms with E-state index in [1.807, 2.05) is 0 Å². The number of amides is 1. The Morgan fingerprint density at radius 3 is 3.00 bits per heavy atom. The average molecular weight is 303 g/mol. The van der Waals surface area contributed by atoms with Crippen LogP contribution in [0.1, 0.15) is 17.5 Å². The van der Waals surface area contributed by atoms with E-state index in [4.69, 9.17) is 4.74 Å². The van der Waals surface area contributed by atoms with Crippen molar-refractivity contribution in [2.75, 3.05) is 19.8 Å². The summed E-state index contributed by atoms with van der Waals surface area (Å²) >= 11 is 0. The number of halogens is 2. The minimum absolute atomic E-state index is 0. The van der Waals surface area contributed by atoms with Gasteiger partial charge in [0, 0.05) is 25.6 Å². The molecule has 1 unspecified atom stereocenters. The topological polar surface area (TPSA) is 50.4 Å². The molecule has 1 aliphatic heterocycles. The Hall–Kier alpha value is -1.17. The average Bonchev–Trinajstić information content (AvgIpc) is 2.41. The van der Waals surface area contributed by atoms with E-state index in [1.165, 1.54) is 6.07 Å². The Morgan fingerprint density at radius 2 is 2.35 bits per heavy atom. The van der Waals surface area contributed by atoms with Crippen LogP contribution in [0.4, 0.5) is 4.39 Å². The molecule has 2 N–H and O–H groups in total. The lowest BCUT2D eigenvalue weighted by Gasteiger charge is -2.23. The summed E-state index contributed by atoms with van der Waals surface area (Å²) < 4.78 is 18.4. The van der Waals surface area contributed by atoms with Crippen molar-refractivity contribution >= 4 is 18.3 Å². The van der Waals surface area contributed by atoms with E-state index in [9.17, 15) is 9.18 Å². The third-order valence-electron chi connectivity index (χ3n) is 3.14. The van der Waals surface area contributed by atoms with E-state index in [0.717, 1.165) is 12.1 Å². The van der Waals surface area contributed by atoms with Crippen molar-refractivity contribution in [2.24, 2.45) is 0 Å². The molecule has 6 heteroatoms. The summed E-state index contributed by atoms with van der Waals surface area (Å²) in [4.78, 5) is 11.8. The Morgan fingerprint density at radius 1 is 1.55 bits per heavy atom. The summed E-state index contributed by atoms with van der Waals surface area (Å²) in [5.41, 5.74) is 1.49. The van der Waals surface area contributed by atoms with Crippen molar-refractivity contribution in [3.8, 4) is 0 Å². The largest absolute Gasteiger partial charge is 0.378 e. The van der Waals surface area contributed by atoms with Gasteiger partial charge in [0.25, 0.3) is 0 Å². The summed E-state index contributed by atoms with van der Waals surface area (Å²) in [5.74, 6) is -0.247. The van der Waals surface area contributed by atoms with Crippen LogP contribution in [0, 0.1) is 12.7 Å². The van der Waals surface area contributed by atoms with Gasteiger partial charge in [0.15, 0.2) is 0 Å². The van der Waals surface area contributed by atoms with Gasteiger partial charge in [-0.3, -0.25) is 4.79 Å². The van der Waals surface area contributed by atoms with E-state index < -0.39 is 0 Å². The number of carbonyl (C=O) groups excluding carboxylic acids is 1. The van der Waals surface area contributed by atoms with Crippen molar-refractivity contribution in [2.45, 2.75) is 25.9 Å². The van der Waals surface area contributed by atoms with Gasteiger partial charge in [-0.2, -0.15) is 0 Å². The molecule has 4 nitrogen and oxygen atoms in total.